The lowest BCUT2D eigenvalue weighted by atomic mass is 10.1. The van der Waals surface area contributed by atoms with Crippen LogP contribution >= 0.6 is 24.0 Å². The van der Waals surface area contributed by atoms with E-state index in [0.29, 0.717) is 6.54 Å². The average Bonchev–Trinajstić information content (AvgIpc) is 2.79. The Balaban J connectivity index is 0.00000338. The van der Waals surface area contributed by atoms with Crippen molar-refractivity contribution in [2.75, 3.05) is 6.54 Å². The van der Waals surface area contributed by atoms with Gasteiger partial charge in [-0.05, 0) is 47.1 Å². The van der Waals surface area contributed by atoms with Gasteiger partial charge in [0, 0.05) is 23.3 Å². The van der Waals surface area contributed by atoms with Crippen molar-refractivity contribution >= 4 is 29.9 Å². The highest BCUT2D eigenvalue weighted by atomic mass is 127. The van der Waals surface area contributed by atoms with Crippen LogP contribution in [0, 0.1) is 13.8 Å². The second kappa shape index (κ2) is 9.94. The van der Waals surface area contributed by atoms with E-state index in [1.807, 2.05) is 6.07 Å². The minimum absolute atomic E-state index is 0. The van der Waals surface area contributed by atoms with Gasteiger partial charge in [-0.3, -0.25) is 4.68 Å². The molecule has 144 valence electrons. The van der Waals surface area contributed by atoms with Crippen LogP contribution in [0.2, 0.25) is 0 Å². The van der Waals surface area contributed by atoms with Gasteiger partial charge in [0.25, 0.3) is 0 Å². The van der Waals surface area contributed by atoms with Crippen molar-refractivity contribution in [2.24, 2.45) is 4.99 Å². The van der Waals surface area contributed by atoms with Gasteiger partial charge in [0.1, 0.15) is 0 Å². The molecule has 0 aliphatic heterocycles. The Morgan fingerprint density at radius 2 is 1.81 bits per heavy atom. The molecule has 0 saturated heterocycles. The molecule has 0 amide bonds. The van der Waals surface area contributed by atoms with E-state index in [9.17, 15) is 0 Å². The molecule has 0 saturated carbocycles. The Bertz CT molecular complexity index is 714. The topological polar surface area (TPSA) is 54.2 Å². The quantitative estimate of drug-likeness (QED) is 0.395. The number of rotatable bonds is 5. The fraction of sp³-hybridized carbons (Fsp3) is 0.500. The number of hydrogen-bond donors (Lipinski definition) is 2. The predicted octanol–water partition coefficient (Wildman–Crippen LogP) is 4.02. The number of benzene rings is 1. The molecule has 0 bridgehead atoms. The van der Waals surface area contributed by atoms with Gasteiger partial charge in [-0.25, -0.2) is 4.99 Å². The molecule has 0 aliphatic rings. The Morgan fingerprint density at radius 1 is 1.15 bits per heavy atom. The largest absolute Gasteiger partial charge is 0.357 e. The number of nitrogens with zero attached hydrogens (tertiary/aromatic N) is 3. The van der Waals surface area contributed by atoms with Crippen LogP contribution in [0.4, 0.5) is 0 Å². The Labute approximate surface area is 174 Å². The maximum atomic E-state index is 4.75. The summed E-state index contributed by atoms with van der Waals surface area (Å²) in [6.07, 6.45) is 0. The molecular weight excluding hydrogens is 437 g/mol. The first-order chi connectivity index (χ1) is 11.8. The summed E-state index contributed by atoms with van der Waals surface area (Å²) in [5, 5.41) is 11.4. The zero-order valence-electron chi connectivity index (χ0n) is 16.8. The molecular formula is C20H32IN5. The Hall–Kier alpha value is -1.57. The number of nitrogens with one attached hydrogen (secondary N) is 2. The fourth-order valence-electron chi connectivity index (χ4n) is 2.69. The van der Waals surface area contributed by atoms with Crippen LogP contribution in [-0.2, 0) is 13.1 Å². The summed E-state index contributed by atoms with van der Waals surface area (Å²) in [5.74, 6) is 0.838. The molecule has 0 radical (unpaired) electrons. The minimum atomic E-state index is -0.0252. The highest BCUT2D eigenvalue weighted by Gasteiger charge is 2.14. The maximum absolute atomic E-state index is 4.75. The van der Waals surface area contributed by atoms with E-state index in [4.69, 9.17) is 10.1 Å². The maximum Gasteiger partial charge on any atom is 0.191 e. The van der Waals surface area contributed by atoms with Crippen molar-refractivity contribution in [3.05, 3.63) is 52.8 Å². The molecule has 1 aromatic heterocycles. The van der Waals surface area contributed by atoms with Crippen LogP contribution in [0.1, 0.15) is 50.2 Å². The molecule has 5 nitrogen and oxygen atoms in total. The highest BCUT2D eigenvalue weighted by Crippen LogP contribution is 2.16. The van der Waals surface area contributed by atoms with E-state index in [0.717, 1.165) is 24.7 Å². The fourth-order valence-corrected chi connectivity index (χ4v) is 2.69. The standard InChI is InChI=1S/C20H31N5.HI/c1-7-21-19(23-20(4,5)6)22-13-18-15(2)24-25(16(18)3)14-17-11-9-8-10-12-17;/h8-12H,7,13-14H2,1-6H3,(H2,21,22,23);1H. The molecule has 0 fully saturated rings. The second-order valence-electron chi connectivity index (χ2n) is 7.36. The number of aliphatic imine (C=N–C) groups is 1. The lowest BCUT2D eigenvalue weighted by molar-refractivity contribution is 0.501. The summed E-state index contributed by atoms with van der Waals surface area (Å²) in [6, 6.07) is 10.4. The summed E-state index contributed by atoms with van der Waals surface area (Å²) in [6.45, 7) is 14.9. The van der Waals surface area contributed by atoms with Gasteiger partial charge < -0.3 is 10.6 Å². The molecule has 2 N–H and O–H groups in total. The predicted molar refractivity (Wildman–Crippen MR) is 120 cm³/mol. The van der Waals surface area contributed by atoms with E-state index in [1.54, 1.807) is 0 Å². The van der Waals surface area contributed by atoms with Crippen LogP contribution in [-0.4, -0.2) is 27.8 Å². The number of hydrogen-bond acceptors (Lipinski definition) is 2. The van der Waals surface area contributed by atoms with Crippen LogP contribution in [0.3, 0.4) is 0 Å². The van der Waals surface area contributed by atoms with E-state index < -0.39 is 0 Å². The van der Waals surface area contributed by atoms with Gasteiger partial charge >= 0.3 is 0 Å². The van der Waals surface area contributed by atoms with Crippen molar-refractivity contribution in [1.82, 2.24) is 20.4 Å². The van der Waals surface area contributed by atoms with Crippen LogP contribution in [0.25, 0.3) is 0 Å². The third-order valence-electron chi connectivity index (χ3n) is 3.94. The highest BCUT2D eigenvalue weighted by molar-refractivity contribution is 14.0. The normalized spacial score (nSPS) is 11.8. The zero-order chi connectivity index (χ0) is 18.4. The molecule has 0 atom stereocenters. The summed E-state index contributed by atoms with van der Waals surface area (Å²) in [7, 11) is 0. The number of halogens is 1. The molecule has 2 aromatic rings. The average molecular weight is 469 g/mol. The van der Waals surface area contributed by atoms with Crippen molar-refractivity contribution in [2.45, 2.75) is 60.2 Å². The van der Waals surface area contributed by atoms with Crippen molar-refractivity contribution < 1.29 is 0 Å². The summed E-state index contributed by atoms with van der Waals surface area (Å²) in [5.41, 5.74) is 4.65. The molecule has 0 aliphatic carbocycles. The molecule has 1 heterocycles. The van der Waals surface area contributed by atoms with Gasteiger partial charge in [-0.1, -0.05) is 30.3 Å². The second-order valence-corrected chi connectivity index (χ2v) is 7.36. The smallest absolute Gasteiger partial charge is 0.191 e. The molecule has 6 heteroatoms. The van der Waals surface area contributed by atoms with E-state index in [1.165, 1.54) is 16.8 Å². The first-order valence-electron chi connectivity index (χ1n) is 8.93. The number of aryl methyl sites for hydroxylation is 1. The van der Waals surface area contributed by atoms with E-state index >= 15 is 0 Å². The van der Waals surface area contributed by atoms with Gasteiger partial charge in [-0.15, -0.1) is 24.0 Å². The zero-order valence-corrected chi connectivity index (χ0v) is 19.1. The molecule has 0 spiro atoms. The van der Waals surface area contributed by atoms with Gasteiger partial charge in [0.2, 0.25) is 0 Å². The Morgan fingerprint density at radius 3 is 2.38 bits per heavy atom. The van der Waals surface area contributed by atoms with Crippen LogP contribution in [0.5, 0.6) is 0 Å². The lowest BCUT2D eigenvalue weighted by Gasteiger charge is -2.23. The minimum Gasteiger partial charge on any atom is -0.357 e. The molecule has 26 heavy (non-hydrogen) atoms. The summed E-state index contributed by atoms with van der Waals surface area (Å²) in [4.78, 5) is 4.75. The van der Waals surface area contributed by atoms with Gasteiger partial charge in [0.15, 0.2) is 5.96 Å². The summed E-state index contributed by atoms with van der Waals surface area (Å²) >= 11 is 0. The van der Waals surface area contributed by atoms with Crippen molar-refractivity contribution in [1.29, 1.82) is 0 Å². The molecule has 0 unspecified atom stereocenters. The van der Waals surface area contributed by atoms with Gasteiger partial charge in [-0.2, -0.15) is 5.10 Å². The lowest BCUT2D eigenvalue weighted by Crippen LogP contribution is -2.47. The van der Waals surface area contributed by atoms with Crippen molar-refractivity contribution in [3.8, 4) is 0 Å². The summed E-state index contributed by atoms with van der Waals surface area (Å²) < 4.78 is 2.07. The van der Waals surface area contributed by atoms with Crippen LogP contribution in [0.15, 0.2) is 35.3 Å². The van der Waals surface area contributed by atoms with E-state index in [2.05, 4.69) is 81.1 Å². The van der Waals surface area contributed by atoms with E-state index in [-0.39, 0.29) is 29.5 Å². The number of guanidine groups is 1. The van der Waals surface area contributed by atoms with Crippen molar-refractivity contribution in [3.63, 3.8) is 0 Å². The number of aromatic nitrogens is 2. The third-order valence-corrected chi connectivity index (χ3v) is 3.94. The molecule has 2 rings (SSSR count). The Kier molecular flexibility index (Phi) is 8.59. The SMILES string of the molecule is CCNC(=NCc1c(C)nn(Cc2ccccc2)c1C)NC(C)(C)C.I. The molecule has 1 aromatic carbocycles. The third kappa shape index (κ3) is 6.63. The monoisotopic (exact) mass is 469 g/mol. The van der Waals surface area contributed by atoms with Gasteiger partial charge in [0.05, 0.1) is 18.8 Å². The first kappa shape index (κ1) is 22.5. The van der Waals surface area contributed by atoms with Crippen LogP contribution < -0.4 is 10.6 Å². The first-order valence-corrected chi connectivity index (χ1v) is 8.93.